The number of rotatable bonds is 3. The minimum Gasteiger partial charge on any atom is -0.370 e. The third-order valence-corrected chi connectivity index (χ3v) is 6.18. The maximum absolute atomic E-state index is 11.5. The Bertz CT molecular complexity index is 1140. The number of anilines is 1. The Labute approximate surface area is 209 Å². The van der Waals surface area contributed by atoms with Crippen LogP contribution in [-0.2, 0) is 9.53 Å². The fraction of sp³-hybridized carbons (Fsp3) is 0.346. The molecule has 186 valence electrons. The minimum absolute atomic E-state index is 0.0712. The van der Waals surface area contributed by atoms with Crippen LogP contribution in [0, 0.1) is 0 Å². The molecule has 1 saturated heterocycles. The van der Waals surface area contributed by atoms with Crippen LogP contribution in [0.25, 0.3) is 10.9 Å². The molecule has 1 saturated carbocycles. The van der Waals surface area contributed by atoms with Gasteiger partial charge in [0.25, 0.3) is 5.91 Å². The number of carbonyl (C=O) groups is 3. The number of carbonyl (C=O) groups excluding carboxylic acids is 3. The molecule has 3 aromatic rings. The van der Waals surface area contributed by atoms with Crippen molar-refractivity contribution < 1.29 is 19.1 Å². The Hall–Kier alpha value is -3.36. The van der Waals surface area contributed by atoms with Crippen LogP contribution in [0.2, 0.25) is 5.02 Å². The zero-order valence-electron chi connectivity index (χ0n) is 19.6. The Kier molecular flexibility index (Phi) is 9.69. The van der Waals surface area contributed by atoms with Crippen LogP contribution >= 0.6 is 11.6 Å². The average Bonchev–Trinajstić information content (AvgIpc) is 3.26. The van der Waals surface area contributed by atoms with Crippen LogP contribution in [0.3, 0.4) is 0 Å². The van der Waals surface area contributed by atoms with Gasteiger partial charge in [0, 0.05) is 40.5 Å². The topological polar surface area (TPSA) is 132 Å². The summed E-state index contributed by atoms with van der Waals surface area (Å²) in [6.07, 6.45) is 10.7. The third-order valence-electron chi connectivity index (χ3n) is 5.87. The Morgan fingerprint density at radius 2 is 1.46 bits per heavy atom. The molecule has 2 aliphatic rings. The van der Waals surface area contributed by atoms with E-state index in [2.05, 4.69) is 4.98 Å². The summed E-state index contributed by atoms with van der Waals surface area (Å²) in [5.41, 5.74) is 12.8. The molecule has 1 aliphatic heterocycles. The minimum atomic E-state index is -0.472. The van der Waals surface area contributed by atoms with Crippen molar-refractivity contribution in [2.45, 2.75) is 38.5 Å². The average molecular weight is 499 g/mol. The number of hydrogen-bond acceptors (Lipinski definition) is 4. The summed E-state index contributed by atoms with van der Waals surface area (Å²) in [4.78, 5) is 37.8. The zero-order chi connectivity index (χ0) is 25.2. The number of nitrogens with one attached hydrogen (secondary N) is 1. The first kappa shape index (κ1) is 26.2. The predicted octanol–water partition coefficient (Wildman–Crippen LogP) is 4.41. The molecule has 0 unspecified atom stereocenters. The first-order valence-corrected chi connectivity index (χ1v) is 12.1. The van der Waals surface area contributed by atoms with Gasteiger partial charge < -0.3 is 26.1 Å². The molecule has 5 rings (SSSR count). The van der Waals surface area contributed by atoms with E-state index >= 15 is 0 Å². The number of aromatic nitrogens is 1. The Balaban J connectivity index is 0.000000161. The van der Waals surface area contributed by atoms with Crippen molar-refractivity contribution in [2.24, 2.45) is 11.5 Å². The quantitative estimate of drug-likeness (QED) is 0.493. The van der Waals surface area contributed by atoms with E-state index in [1.54, 1.807) is 53.6 Å². The summed E-state index contributed by atoms with van der Waals surface area (Å²) in [6, 6.07) is 11.8. The molecule has 5 N–H and O–H groups in total. The van der Waals surface area contributed by atoms with Gasteiger partial charge in [0.15, 0.2) is 0 Å². The Morgan fingerprint density at radius 1 is 0.886 bits per heavy atom. The highest BCUT2D eigenvalue weighted by Crippen LogP contribution is 2.23. The third kappa shape index (κ3) is 7.56. The number of nitrogens with two attached hydrogens (primary N) is 2. The number of primary amides is 2. The summed E-state index contributed by atoms with van der Waals surface area (Å²) >= 11 is 5.86. The van der Waals surface area contributed by atoms with Crippen molar-refractivity contribution in [1.29, 1.82) is 0 Å². The maximum atomic E-state index is 11.5. The van der Waals surface area contributed by atoms with Gasteiger partial charge >= 0.3 is 0 Å². The summed E-state index contributed by atoms with van der Waals surface area (Å²) < 4.78 is 5.03. The molecule has 8 nitrogen and oxygen atoms in total. The lowest BCUT2D eigenvalue weighted by molar-refractivity contribution is -0.125. The van der Waals surface area contributed by atoms with Gasteiger partial charge in [-0.2, -0.15) is 0 Å². The lowest BCUT2D eigenvalue weighted by atomic mass is 10.0. The van der Waals surface area contributed by atoms with Crippen molar-refractivity contribution in [1.82, 2.24) is 4.98 Å². The largest absolute Gasteiger partial charge is 0.370 e. The normalized spacial score (nSPS) is 15.5. The number of H-pyrrole nitrogens is 1. The van der Waals surface area contributed by atoms with E-state index in [0.29, 0.717) is 29.3 Å². The van der Waals surface area contributed by atoms with Crippen LogP contribution < -0.4 is 16.4 Å². The highest BCUT2D eigenvalue weighted by atomic mass is 35.5. The van der Waals surface area contributed by atoms with Crippen molar-refractivity contribution in [3.05, 3.63) is 64.8 Å². The fourth-order valence-electron chi connectivity index (χ4n) is 3.90. The first-order chi connectivity index (χ1) is 16.9. The molecule has 9 heteroatoms. The molecule has 2 heterocycles. The second-order valence-corrected chi connectivity index (χ2v) is 8.80. The number of halogens is 1. The van der Waals surface area contributed by atoms with E-state index in [0.717, 1.165) is 16.6 Å². The van der Waals surface area contributed by atoms with Crippen molar-refractivity contribution in [3.8, 4) is 0 Å². The molecular formula is C26H31ClN4O4. The van der Waals surface area contributed by atoms with Crippen LogP contribution in [-0.4, -0.2) is 42.5 Å². The second-order valence-electron chi connectivity index (χ2n) is 8.39. The van der Waals surface area contributed by atoms with Crippen LogP contribution in [0.15, 0.2) is 48.7 Å². The van der Waals surface area contributed by atoms with Gasteiger partial charge in [0.05, 0.1) is 11.6 Å². The summed E-state index contributed by atoms with van der Waals surface area (Å²) in [5, 5.41) is 1.54. The maximum Gasteiger partial charge on any atom is 0.253 e. The van der Waals surface area contributed by atoms with Crippen molar-refractivity contribution >= 4 is 45.9 Å². The van der Waals surface area contributed by atoms with Crippen LogP contribution in [0.5, 0.6) is 0 Å². The van der Waals surface area contributed by atoms with Crippen LogP contribution in [0.1, 0.15) is 59.2 Å². The van der Waals surface area contributed by atoms with Crippen LogP contribution in [0.4, 0.5) is 5.69 Å². The van der Waals surface area contributed by atoms with E-state index in [9.17, 15) is 14.4 Å². The summed E-state index contributed by atoms with van der Waals surface area (Å²) in [7, 11) is 0. The summed E-state index contributed by atoms with van der Waals surface area (Å²) in [5.74, 6) is -0.981. The standard InChI is InChI=1S/C11H12N2O3.C9H7ClN2O.C6H12/c12-11(15)8-1-3-9(4-2-8)13-5-6-16-7-10(13)14;10-7-4-12-8-3-5(9(11)13)1-2-6(7)8;1-2-4-6-5-3-1/h1-4H,5-7H2,(H2,12,15);1-4,12H,(H2,11,13);1-6H2. The van der Waals surface area contributed by atoms with E-state index in [1.807, 2.05) is 0 Å². The first-order valence-electron chi connectivity index (χ1n) is 11.7. The SMILES string of the molecule is C1CCCCC1.NC(=O)c1ccc(N2CCOCC2=O)cc1.NC(=O)c1ccc2c(Cl)c[nH]c2c1. The number of aromatic amines is 1. The van der Waals surface area contributed by atoms with Crippen molar-refractivity contribution in [3.63, 3.8) is 0 Å². The molecule has 0 radical (unpaired) electrons. The van der Waals surface area contributed by atoms with E-state index in [4.69, 9.17) is 27.8 Å². The van der Waals surface area contributed by atoms with Gasteiger partial charge in [-0.15, -0.1) is 0 Å². The molecule has 0 atom stereocenters. The van der Waals surface area contributed by atoms with Crippen molar-refractivity contribution in [2.75, 3.05) is 24.7 Å². The second kappa shape index (κ2) is 12.9. The van der Waals surface area contributed by atoms with Gasteiger partial charge in [-0.3, -0.25) is 14.4 Å². The molecule has 1 aromatic heterocycles. The number of morpholine rings is 1. The highest BCUT2D eigenvalue weighted by molar-refractivity contribution is 6.35. The predicted molar refractivity (Wildman–Crippen MR) is 138 cm³/mol. The lowest BCUT2D eigenvalue weighted by Crippen LogP contribution is -2.41. The fourth-order valence-corrected chi connectivity index (χ4v) is 4.12. The molecular weight excluding hydrogens is 468 g/mol. The van der Waals surface area contributed by atoms with Gasteiger partial charge in [-0.1, -0.05) is 56.2 Å². The highest BCUT2D eigenvalue weighted by Gasteiger charge is 2.20. The number of fused-ring (bicyclic) bond motifs is 1. The van der Waals surface area contributed by atoms with E-state index < -0.39 is 11.8 Å². The number of amides is 3. The molecule has 35 heavy (non-hydrogen) atoms. The van der Waals surface area contributed by atoms with E-state index in [-0.39, 0.29) is 12.5 Å². The number of benzene rings is 2. The Morgan fingerprint density at radius 3 is 2.00 bits per heavy atom. The molecule has 2 fully saturated rings. The monoisotopic (exact) mass is 498 g/mol. The molecule has 0 spiro atoms. The molecule has 0 bridgehead atoms. The number of nitrogens with zero attached hydrogens (tertiary/aromatic N) is 1. The lowest BCUT2D eigenvalue weighted by Gasteiger charge is -2.26. The summed E-state index contributed by atoms with van der Waals surface area (Å²) in [6.45, 7) is 1.18. The van der Waals surface area contributed by atoms with Gasteiger partial charge in [0.1, 0.15) is 6.61 Å². The zero-order valence-corrected chi connectivity index (χ0v) is 20.4. The molecule has 3 amide bonds. The molecule has 2 aromatic carbocycles. The van der Waals surface area contributed by atoms with Gasteiger partial charge in [-0.25, -0.2) is 0 Å². The smallest absolute Gasteiger partial charge is 0.253 e. The van der Waals surface area contributed by atoms with Gasteiger partial charge in [0.2, 0.25) is 11.8 Å². The van der Waals surface area contributed by atoms with E-state index in [1.165, 1.54) is 38.5 Å². The molecule has 1 aliphatic carbocycles. The van der Waals surface area contributed by atoms with Gasteiger partial charge in [-0.05, 0) is 36.4 Å². The number of hydrogen-bond donors (Lipinski definition) is 3. The number of ether oxygens (including phenoxy) is 1.